The molecule has 8 heteroatoms. The number of allylic oxidation sites excluding steroid dienone is 9. The van der Waals surface area contributed by atoms with Crippen LogP contribution in [0.5, 0.6) is 5.75 Å². The van der Waals surface area contributed by atoms with Gasteiger partial charge in [-0.2, -0.15) is 0 Å². The molecule has 0 radical (unpaired) electrons. The maximum atomic E-state index is 13.3. The second-order valence-electron chi connectivity index (χ2n) is 9.13. The van der Waals surface area contributed by atoms with E-state index < -0.39 is 5.92 Å². The van der Waals surface area contributed by atoms with Crippen LogP contribution in [0.2, 0.25) is 0 Å². The van der Waals surface area contributed by atoms with Crippen LogP contribution in [0.3, 0.4) is 0 Å². The summed E-state index contributed by atoms with van der Waals surface area (Å²) in [6.07, 6.45) is 10.6. The fourth-order valence-corrected chi connectivity index (χ4v) is 4.24. The lowest BCUT2D eigenvalue weighted by Crippen LogP contribution is -2.37. The number of guanidine groups is 1. The molecule has 0 aliphatic carbocycles. The number of methoxy groups -OCH3 is 1. The zero-order valence-electron chi connectivity index (χ0n) is 24.3. The molecule has 1 aliphatic rings. The van der Waals surface area contributed by atoms with Gasteiger partial charge >= 0.3 is 0 Å². The number of rotatable bonds is 12. The van der Waals surface area contributed by atoms with Gasteiger partial charge in [0.05, 0.1) is 13.7 Å². The van der Waals surface area contributed by atoms with Crippen LogP contribution in [0.1, 0.15) is 52.5 Å². The number of hydrogen-bond acceptors (Lipinski definition) is 4. The van der Waals surface area contributed by atoms with Crippen LogP contribution in [0.4, 0.5) is 8.78 Å². The van der Waals surface area contributed by atoms with Crippen molar-refractivity contribution < 1.29 is 13.5 Å². The molecule has 0 aromatic heterocycles. The molecule has 2 N–H and O–H groups in total. The van der Waals surface area contributed by atoms with Crippen molar-refractivity contribution in [1.82, 2.24) is 4.90 Å². The third-order valence-electron chi connectivity index (χ3n) is 5.97. The summed E-state index contributed by atoms with van der Waals surface area (Å²) in [6.45, 7) is 16.7. The van der Waals surface area contributed by atoms with E-state index in [0.717, 1.165) is 35.0 Å². The van der Waals surface area contributed by atoms with E-state index in [1.54, 1.807) is 38.3 Å². The molecule has 0 saturated heterocycles. The summed E-state index contributed by atoms with van der Waals surface area (Å²) in [6, 6.07) is 7.85. The van der Waals surface area contributed by atoms with Gasteiger partial charge in [-0.05, 0) is 55.2 Å². The summed E-state index contributed by atoms with van der Waals surface area (Å²) in [5.74, 6) is -1.91. The van der Waals surface area contributed by atoms with Gasteiger partial charge in [0.25, 0.3) is 5.92 Å². The number of aliphatic imine (C=N–C) groups is 1. The summed E-state index contributed by atoms with van der Waals surface area (Å²) in [7, 11) is 1.62. The molecule has 1 aromatic carbocycles. The minimum atomic E-state index is -2.96. The number of alkyl halides is 2. The largest absolute Gasteiger partial charge is 0.497 e. The predicted molar refractivity (Wildman–Crippen MR) is 168 cm³/mol. The topological polar surface area (TPSA) is 50.8 Å². The van der Waals surface area contributed by atoms with Gasteiger partial charge in [-0.1, -0.05) is 92.2 Å². The normalized spacial score (nSPS) is 15.9. The molecule has 1 aliphatic heterocycles. The van der Waals surface area contributed by atoms with Crippen LogP contribution < -0.4 is 10.5 Å². The molecule has 1 aromatic rings. The van der Waals surface area contributed by atoms with E-state index in [0.29, 0.717) is 35.5 Å². The summed E-state index contributed by atoms with van der Waals surface area (Å²) in [5.41, 5.74) is 9.79. The van der Waals surface area contributed by atoms with Gasteiger partial charge in [0.1, 0.15) is 5.75 Å². The Bertz CT molecular complexity index is 1200. The molecule has 0 bridgehead atoms. The van der Waals surface area contributed by atoms with E-state index in [1.165, 1.54) is 6.08 Å². The maximum Gasteiger partial charge on any atom is 0.269 e. The number of ether oxygens (including phenoxy) is 1. The van der Waals surface area contributed by atoms with Crippen molar-refractivity contribution in [2.24, 2.45) is 10.7 Å². The summed E-state index contributed by atoms with van der Waals surface area (Å²) < 4.78 is 32.0. The Morgan fingerprint density at radius 1 is 1.23 bits per heavy atom. The number of halogens is 4. The number of nitrogens with two attached hydrogens (primary N) is 1. The third kappa shape index (κ3) is 11.2. The fraction of sp³-hybridized carbons (Fsp3) is 0.344. The first-order chi connectivity index (χ1) is 18.8. The number of nitrogens with zero attached hydrogens (tertiary/aromatic N) is 2. The average molecular weight is 593 g/mol. The SMILES string of the molecule is C=C/C(CC(C1=CN(C/C(C)=C/C=C\C(=C)C(C)(F)F)C(N)=NC1)c1ccc(OC)cc1)=C(Cl)\C=C(/C)Cl.CC. The lowest BCUT2D eigenvalue weighted by molar-refractivity contribution is 0.0680. The second kappa shape index (κ2) is 16.9. The summed E-state index contributed by atoms with van der Waals surface area (Å²) in [4.78, 5) is 6.40. The van der Waals surface area contributed by atoms with Crippen molar-refractivity contribution >= 4 is 29.2 Å². The highest BCUT2D eigenvalue weighted by atomic mass is 35.5. The molecule has 1 heterocycles. The van der Waals surface area contributed by atoms with Crippen molar-refractivity contribution in [3.63, 3.8) is 0 Å². The van der Waals surface area contributed by atoms with Crippen LogP contribution in [-0.2, 0) is 0 Å². The number of hydrogen-bond donors (Lipinski definition) is 1. The van der Waals surface area contributed by atoms with E-state index in [2.05, 4.69) is 18.2 Å². The minimum absolute atomic E-state index is 0.0784. The predicted octanol–water partition coefficient (Wildman–Crippen LogP) is 9.24. The first kappa shape index (κ1) is 34.9. The molecule has 2 rings (SSSR count). The zero-order chi connectivity index (χ0) is 30.5. The van der Waals surface area contributed by atoms with Gasteiger partial charge < -0.3 is 15.4 Å². The lowest BCUT2D eigenvalue weighted by Gasteiger charge is -2.29. The van der Waals surface area contributed by atoms with Crippen molar-refractivity contribution in [2.75, 3.05) is 20.2 Å². The molecular formula is C32H41Cl2F2N3O. The van der Waals surface area contributed by atoms with Crippen molar-refractivity contribution in [3.05, 3.63) is 112 Å². The summed E-state index contributed by atoms with van der Waals surface area (Å²) >= 11 is 12.6. The first-order valence-corrected chi connectivity index (χ1v) is 13.8. The Labute approximate surface area is 248 Å². The average Bonchev–Trinajstić information content (AvgIpc) is 2.91. The Morgan fingerprint density at radius 3 is 2.38 bits per heavy atom. The van der Waals surface area contributed by atoms with Crippen LogP contribution in [-0.4, -0.2) is 37.0 Å². The van der Waals surface area contributed by atoms with Gasteiger partial charge in [-0.3, -0.25) is 0 Å². The van der Waals surface area contributed by atoms with E-state index >= 15 is 0 Å². The summed E-state index contributed by atoms with van der Waals surface area (Å²) in [5, 5.41) is 1.09. The molecule has 0 spiro atoms. The molecule has 0 amide bonds. The van der Waals surface area contributed by atoms with Crippen molar-refractivity contribution in [2.45, 2.75) is 52.9 Å². The molecule has 1 atom stereocenters. The molecule has 1 unspecified atom stereocenters. The maximum absolute atomic E-state index is 13.3. The quantitative estimate of drug-likeness (QED) is 0.246. The Morgan fingerprint density at radius 2 is 1.85 bits per heavy atom. The zero-order valence-corrected chi connectivity index (χ0v) is 25.8. The smallest absolute Gasteiger partial charge is 0.269 e. The third-order valence-corrected chi connectivity index (χ3v) is 6.43. The van der Waals surface area contributed by atoms with Crippen LogP contribution >= 0.6 is 23.2 Å². The highest BCUT2D eigenvalue weighted by molar-refractivity contribution is 6.34. The van der Waals surface area contributed by atoms with Gasteiger partial charge in [-0.15, -0.1) is 0 Å². The second-order valence-corrected chi connectivity index (χ2v) is 10.1. The van der Waals surface area contributed by atoms with Crippen LogP contribution in [0, 0.1) is 0 Å². The van der Waals surface area contributed by atoms with Gasteiger partial charge in [-0.25, -0.2) is 13.8 Å². The number of benzene rings is 1. The standard InChI is InChI=1S/C30H35Cl2F2N3O.C2H6/c1-7-23(28(32)15-22(4)31)16-27(24-11-13-26(38-6)14-12-24)25-17-36-29(35)37(19-25)18-20(2)9-8-10-21(3)30(5,33)34;1-2/h7-15,19,27H,1,3,16-18H2,2,4-6H3,(H2,35,36);1-2H3/b10-8-,20-9+,22-15+,28-23-;. The van der Waals surface area contributed by atoms with E-state index in [-0.39, 0.29) is 11.5 Å². The van der Waals surface area contributed by atoms with Crippen LogP contribution in [0.25, 0.3) is 0 Å². The van der Waals surface area contributed by atoms with Gasteiger partial charge in [0, 0.05) is 41.2 Å². The van der Waals surface area contributed by atoms with Crippen molar-refractivity contribution in [3.8, 4) is 5.75 Å². The molecule has 4 nitrogen and oxygen atoms in total. The Kier molecular flexibility index (Phi) is 14.7. The van der Waals surface area contributed by atoms with E-state index in [9.17, 15) is 8.78 Å². The monoisotopic (exact) mass is 591 g/mol. The molecule has 0 saturated carbocycles. The Balaban J connectivity index is 0.00000391. The molecular weight excluding hydrogens is 551 g/mol. The van der Waals surface area contributed by atoms with Crippen LogP contribution in [0.15, 0.2) is 111 Å². The van der Waals surface area contributed by atoms with E-state index in [4.69, 9.17) is 33.7 Å². The molecule has 0 fully saturated rings. The highest BCUT2D eigenvalue weighted by Gasteiger charge is 2.24. The first-order valence-electron chi connectivity index (χ1n) is 13.0. The highest BCUT2D eigenvalue weighted by Crippen LogP contribution is 2.36. The molecule has 40 heavy (non-hydrogen) atoms. The fourth-order valence-electron chi connectivity index (χ4n) is 3.76. The Hall–Kier alpha value is -3.09. The van der Waals surface area contributed by atoms with Gasteiger partial charge in [0.2, 0.25) is 0 Å². The van der Waals surface area contributed by atoms with Gasteiger partial charge in [0.15, 0.2) is 5.96 Å². The molecule has 218 valence electrons. The van der Waals surface area contributed by atoms with E-state index in [1.807, 2.05) is 56.1 Å². The van der Waals surface area contributed by atoms with Crippen molar-refractivity contribution in [1.29, 1.82) is 0 Å². The minimum Gasteiger partial charge on any atom is -0.497 e. The lowest BCUT2D eigenvalue weighted by atomic mass is 9.85.